The van der Waals surface area contributed by atoms with Gasteiger partial charge in [0.1, 0.15) is 0 Å². The highest BCUT2D eigenvalue weighted by Gasteiger charge is 2.25. The zero-order chi connectivity index (χ0) is 25.4. The van der Waals surface area contributed by atoms with Gasteiger partial charge in [0.2, 0.25) is 11.8 Å². The Hall–Kier alpha value is -2.08. The lowest BCUT2D eigenvalue weighted by molar-refractivity contribution is -0.133. The molecule has 0 fully saturated rings. The molecule has 1 aliphatic rings. The number of carbonyl (C=O) groups is 2. The number of rotatable bonds is 5. The van der Waals surface area contributed by atoms with Gasteiger partial charge in [-0.25, -0.2) is 0 Å². The molecule has 0 unspecified atom stereocenters. The van der Waals surface area contributed by atoms with Crippen LogP contribution in [0.1, 0.15) is 63.5 Å². The highest BCUT2D eigenvalue weighted by atomic mass is 35.5. The summed E-state index contributed by atoms with van der Waals surface area (Å²) in [5.41, 5.74) is 9.15. The Balaban J connectivity index is 1.85. The normalized spacial score (nSPS) is 16.3. The Morgan fingerprint density at radius 3 is 2.34 bits per heavy atom. The molecule has 2 N–H and O–H groups in total. The van der Waals surface area contributed by atoms with Gasteiger partial charge in [-0.2, -0.15) is 0 Å². The van der Waals surface area contributed by atoms with Crippen LogP contribution in [0.3, 0.4) is 0 Å². The second-order valence-electron chi connectivity index (χ2n) is 9.86. The van der Waals surface area contributed by atoms with Gasteiger partial charge < -0.3 is 15.5 Å². The molecular weight excluding hydrogens is 481 g/mol. The number of hydrogen-bond donors (Lipinski definition) is 1. The van der Waals surface area contributed by atoms with Gasteiger partial charge in [-0.15, -0.1) is 0 Å². The lowest BCUT2D eigenvalue weighted by Crippen LogP contribution is -2.45. The van der Waals surface area contributed by atoms with Crippen molar-refractivity contribution in [3.63, 3.8) is 0 Å². The lowest BCUT2D eigenvalue weighted by atomic mass is 10.0. The van der Waals surface area contributed by atoms with Gasteiger partial charge >= 0.3 is 0 Å². The molecule has 0 saturated carbocycles. The standard InChI is InChI=1S/C28H37Cl2N3O2/c1-20(2)16-27(34)33-15-9-5-3-4-8-14-32(19-22-10-6-7-11-26(22)33)28(35)25(31)18-21-12-13-23(29)24(30)17-21/h6-7,10-13,17,20,25H,3-5,8-9,14-16,18-19,31H2,1-2H3/t25-/m0/s1. The summed E-state index contributed by atoms with van der Waals surface area (Å²) < 4.78 is 0. The first-order valence-electron chi connectivity index (χ1n) is 12.6. The highest BCUT2D eigenvalue weighted by Crippen LogP contribution is 2.27. The predicted molar refractivity (Wildman–Crippen MR) is 145 cm³/mol. The van der Waals surface area contributed by atoms with Gasteiger partial charge in [-0.05, 0) is 54.5 Å². The van der Waals surface area contributed by atoms with Gasteiger partial charge in [0, 0.05) is 31.7 Å². The zero-order valence-electron chi connectivity index (χ0n) is 20.8. The number of fused-ring (bicyclic) bond motifs is 1. The summed E-state index contributed by atoms with van der Waals surface area (Å²) in [7, 11) is 0. The van der Waals surface area contributed by atoms with E-state index < -0.39 is 6.04 Å². The summed E-state index contributed by atoms with van der Waals surface area (Å²) in [6.07, 6.45) is 6.01. The third-order valence-corrected chi connectivity index (χ3v) is 7.14. The van der Waals surface area contributed by atoms with Gasteiger partial charge in [-0.1, -0.05) is 80.6 Å². The fourth-order valence-corrected chi connectivity index (χ4v) is 4.89. The molecule has 2 amide bonds. The number of benzene rings is 2. The molecule has 3 rings (SSSR count). The molecule has 2 aromatic rings. The van der Waals surface area contributed by atoms with Crippen molar-refractivity contribution >= 4 is 40.7 Å². The number of amides is 2. The number of nitrogens with zero attached hydrogens (tertiary/aromatic N) is 2. The average Bonchev–Trinajstić information content (AvgIpc) is 2.81. The summed E-state index contributed by atoms with van der Waals surface area (Å²) in [4.78, 5) is 30.5. The van der Waals surface area contributed by atoms with E-state index in [4.69, 9.17) is 28.9 Å². The Morgan fingerprint density at radius 1 is 0.943 bits per heavy atom. The molecule has 0 aromatic heterocycles. The summed E-state index contributed by atoms with van der Waals surface area (Å²) >= 11 is 12.2. The largest absolute Gasteiger partial charge is 0.337 e. The second kappa shape index (κ2) is 13.3. The van der Waals surface area contributed by atoms with E-state index in [9.17, 15) is 9.59 Å². The van der Waals surface area contributed by atoms with Crippen LogP contribution < -0.4 is 10.6 Å². The molecule has 7 heteroatoms. The molecule has 1 aliphatic heterocycles. The van der Waals surface area contributed by atoms with Crippen molar-refractivity contribution in [1.29, 1.82) is 0 Å². The molecule has 0 aliphatic carbocycles. The van der Waals surface area contributed by atoms with Crippen molar-refractivity contribution in [2.75, 3.05) is 18.0 Å². The minimum Gasteiger partial charge on any atom is -0.337 e. The van der Waals surface area contributed by atoms with Crippen LogP contribution in [-0.2, 0) is 22.6 Å². The van der Waals surface area contributed by atoms with Gasteiger partial charge in [0.25, 0.3) is 0 Å². The van der Waals surface area contributed by atoms with Crippen LogP contribution in [0.25, 0.3) is 0 Å². The fraction of sp³-hybridized carbons (Fsp3) is 0.500. The Kier molecular flexibility index (Phi) is 10.4. The van der Waals surface area contributed by atoms with E-state index in [2.05, 4.69) is 13.8 Å². The third kappa shape index (κ3) is 7.96. The van der Waals surface area contributed by atoms with Crippen molar-refractivity contribution in [2.45, 2.75) is 71.4 Å². The van der Waals surface area contributed by atoms with Crippen LogP contribution in [0, 0.1) is 5.92 Å². The minimum absolute atomic E-state index is 0.0945. The maximum absolute atomic E-state index is 13.5. The molecule has 190 valence electrons. The molecule has 35 heavy (non-hydrogen) atoms. The van der Waals surface area contributed by atoms with E-state index in [0.29, 0.717) is 42.5 Å². The van der Waals surface area contributed by atoms with Crippen LogP contribution in [0.5, 0.6) is 0 Å². The molecule has 0 saturated heterocycles. The minimum atomic E-state index is -0.689. The maximum Gasteiger partial charge on any atom is 0.240 e. The van der Waals surface area contributed by atoms with E-state index in [1.165, 1.54) is 0 Å². The number of hydrogen-bond acceptors (Lipinski definition) is 3. The molecular formula is C28H37Cl2N3O2. The topological polar surface area (TPSA) is 66.6 Å². The smallest absolute Gasteiger partial charge is 0.240 e. The summed E-state index contributed by atoms with van der Waals surface area (Å²) in [6, 6.07) is 12.6. The fourth-order valence-electron chi connectivity index (χ4n) is 4.56. The van der Waals surface area contributed by atoms with E-state index in [1.54, 1.807) is 12.1 Å². The van der Waals surface area contributed by atoms with Crippen molar-refractivity contribution in [1.82, 2.24) is 4.90 Å². The molecule has 1 atom stereocenters. The van der Waals surface area contributed by atoms with Gasteiger partial charge in [0.15, 0.2) is 0 Å². The summed E-state index contributed by atoms with van der Waals surface area (Å²) in [5, 5.41) is 0.932. The maximum atomic E-state index is 13.5. The number of nitrogens with two attached hydrogens (primary N) is 1. The first-order valence-corrected chi connectivity index (χ1v) is 13.4. The number of halogens is 2. The molecule has 2 aromatic carbocycles. The highest BCUT2D eigenvalue weighted by molar-refractivity contribution is 6.42. The predicted octanol–water partition coefficient (Wildman–Crippen LogP) is 6.24. The lowest BCUT2D eigenvalue weighted by Gasteiger charge is -2.31. The van der Waals surface area contributed by atoms with E-state index in [-0.39, 0.29) is 17.7 Å². The van der Waals surface area contributed by atoms with Crippen LogP contribution in [0.2, 0.25) is 10.0 Å². The van der Waals surface area contributed by atoms with Crippen molar-refractivity contribution in [3.8, 4) is 0 Å². The van der Waals surface area contributed by atoms with Crippen LogP contribution >= 0.6 is 23.2 Å². The monoisotopic (exact) mass is 517 g/mol. The Labute approximate surface area is 219 Å². The Morgan fingerprint density at radius 2 is 1.63 bits per heavy atom. The number of anilines is 1. The van der Waals surface area contributed by atoms with Crippen molar-refractivity contribution in [3.05, 3.63) is 63.6 Å². The second-order valence-corrected chi connectivity index (χ2v) is 10.7. The molecule has 5 nitrogen and oxygen atoms in total. The van der Waals surface area contributed by atoms with Crippen LogP contribution in [0.15, 0.2) is 42.5 Å². The van der Waals surface area contributed by atoms with Crippen molar-refractivity contribution in [2.24, 2.45) is 11.7 Å². The summed E-state index contributed by atoms with van der Waals surface area (Å²) in [6.45, 7) is 5.90. The average molecular weight is 519 g/mol. The van der Waals surface area contributed by atoms with Crippen LogP contribution in [0.4, 0.5) is 5.69 Å². The van der Waals surface area contributed by atoms with Gasteiger partial charge in [0.05, 0.1) is 16.1 Å². The quantitative estimate of drug-likeness (QED) is 0.510. The van der Waals surface area contributed by atoms with Crippen LogP contribution in [-0.4, -0.2) is 35.8 Å². The molecule has 0 radical (unpaired) electrons. The Bertz CT molecular complexity index is 1010. The first kappa shape index (κ1) is 27.5. The van der Waals surface area contributed by atoms with E-state index in [1.807, 2.05) is 40.1 Å². The zero-order valence-corrected chi connectivity index (χ0v) is 22.3. The van der Waals surface area contributed by atoms with Gasteiger partial charge in [-0.3, -0.25) is 9.59 Å². The SMILES string of the molecule is CC(C)CC(=O)N1CCCCCCCN(C(=O)[C@@H](N)Cc2ccc(Cl)c(Cl)c2)Cc2ccccc21. The third-order valence-electron chi connectivity index (χ3n) is 6.41. The molecule has 0 bridgehead atoms. The summed E-state index contributed by atoms with van der Waals surface area (Å²) in [5.74, 6) is 0.329. The number of para-hydroxylation sites is 1. The van der Waals surface area contributed by atoms with E-state index in [0.717, 1.165) is 48.9 Å². The first-order chi connectivity index (χ1) is 16.8. The van der Waals surface area contributed by atoms with E-state index >= 15 is 0 Å². The molecule has 1 heterocycles. The molecule has 0 spiro atoms. The number of carbonyl (C=O) groups excluding carboxylic acids is 2. The van der Waals surface area contributed by atoms with Crippen molar-refractivity contribution < 1.29 is 9.59 Å².